The van der Waals surface area contributed by atoms with Crippen LogP contribution >= 0.6 is 0 Å². The number of hydrogen-bond acceptors (Lipinski definition) is 4. The van der Waals surface area contributed by atoms with E-state index in [2.05, 4.69) is 4.98 Å². The summed E-state index contributed by atoms with van der Waals surface area (Å²) < 4.78 is 67.4. The van der Waals surface area contributed by atoms with Crippen molar-refractivity contribution in [2.24, 2.45) is 0 Å². The molecule has 0 radical (unpaired) electrons. The van der Waals surface area contributed by atoms with Gasteiger partial charge in [-0.2, -0.15) is 17.5 Å². The molecule has 0 atom stereocenters. The molecular weight excluding hydrogens is 297 g/mol. The van der Waals surface area contributed by atoms with E-state index in [1.807, 2.05) is 0 Å². The van der Waals surface area contributed by atoms with Gasteiger partial charge in [0.15, 0.2) is 0 Å². The summed E-state index contributed by atoms with van der Waals surface area (Å²) in [7, 11) is -3.31. The standard InChI is InChI=1S/C11H13F3N2O3S/c1-2-20(17,18)16-6-8(7-16)19-10-9(11(12,13)14)4-3-5-15-10/h3-5,8H,2,6-7H2,1H3. The molecule has 0 aliphatic carbocycles. The molecule has 2 heterocycles. The summed E-state index contributed by atoms with van der Waals surface area (Å²) in [4.78, 5) is 3.56. The van der Waals surface area contributed by atoms with E-state index < -0.39 is 33.7 Å². The number of rotatable bonds is 4. The van der Waals surface area contributed by atoms with Crippen LogP contribution in [0.25, 0.3) is 0 Å². The smallest absolute Gasteiger partial charge is 0.421 e. The normalized spacial score (nSPS) is 17.8. The lowest BCUT2D eigenvalue weighted by atomic mass is 10.2. The van der Waals surface area contributed by atoms with Crippen molar-refractivity contribution in [3.63, 3.8) is 0 Å². The quantitative estimate of drug-likeness (QED) is 0.846. The highest BCUT2D eigenvalue weighted by Gasteiger charge is 2.39. The van der Waals surface area contributed by atoms with Crippen LogP contribution in [-0.2, 0) is 16.2 Å². The first-order valence-corrected chi connectivity index (χ1v) is 7.51. The number of pyridine rings is 1. The SMILES string of the molecule is CCS(=O)(=O)N1CC(Oc2ncccc2C(F)(F)F)C1. The molecule has 20 heavy (non-hydrogen) atoms. The van der Waals surface area contributed by atoms with Crippen molar-refractivity contribution < 1.29 is 26.3 Å². The zero-order chi connectivity index (χ0) is 15.0. The van der Waals surface area contributed by atoms with Crippen molar-refractivity contribution in [1.82, 2.24) is 9.29 Å². The van der Waals surface area contributed by atoms with Gasteiger partial charge in [-0.25, -0.2) is 13.4 Å². The van der Waals surface area contributed by atoms with E-state index in [1.165, 1.54) is 23.5 Å². The summed E-state index contributed by atoms with van der Waals surface area (Å²) in [6, 6.07) is 2.05. The van der Waals surface area contributed by atoms with Crippen molar-refractivity contribution in [3.05, 3.63) is 23.9 Å². The second-order valence-electron chi connectivity index (χ2n) is 4.31. The van der Waals surface area contributed by atoms with Crippen LogP contribution in [0.4, 0.5) is 13.2 Å². The van der Waals surface area contributed by atoms with Crippen molar-refractivity contribution in [2.45, 2.75) is 19.2 Å². The van der Waals surface area contributed by atoms with Gasteiger partial charge >= 0.3 is 6.18 Å². The average molecular weight is 310 g/mol. The van der Waals surface area contributed by atoms with E-state index in [-0.39, 0.29) is 18.8 Å². The first-order valence-electron chi connectivity index (χ1n) is 5.90. The molecule has 0 aromatic carbocycles. The summed E-state index contributed by atoms with van der Waals surface area (Å²) in [5, 5.41) is 0. The maximum Gasteiger partial charge on any atom is 0.421 e. The Morgan fingerprint density at radius 2 is 2.10 bits per heavy atom. The van der Waals surface area contributed by atoms with E-state index in [4.69, 9.17) is 4.74 Å². The van der Waals surface area contributed by atoms with Gasteiger partial charge in [-0.3, -0.25) is 0 Å². The molecule has 0 saturated carbocycles. The molecule has 1 aromatic rings. The zero-order valence-corrected chi connectivity index (χ0v) is 11.4. The van der Waals surface area contributed by atoms with Gasteiger partial charge in [0.2, 0.25) is 15.9 Å². The Kier molecular flexibility index (Phi) is 3.92. The van der Waals surface area contributed by atoms with Gasteiger partial charge < -0.3 is 4.74 Å². The topological polar surface area (TPSA) is 59.5 Å². The number of nitrogens with zero attached hydrogens (tertiary/aromatic N) is 2. The maximum atomic E-state index is 12.7. The highest BCUT2D eigenvalue weighted by atomic mass is 32.2. The van der Waals surface area contributed by atoms with E-state index in [1.54, 1.807) is 0 Å². The fraction of sp³-hybridized carbons (Fsp3) is 0.545. The Hall–Kier alpha value is -1.35. The molecule has 1 aliphatic rings. The van der Waals surface area contributed by atoms with Crippen molar-refractivity contribution in [1.29, 1.82) is 0 Å². The van der Waals surface area contributed by atoms with Gasteiger partial charge in [-0.15, -0.1) is 0 Å². The Morgan fingerprint density at radius 3 is 2.65 bits per heavy atom. The monoisotopic (exact) mass is 310 g/mol. The molecule has 1 aliphatic heterocycles. The molecule has 0 amide bonds. The molecule has 0 N–H and O–H groups in total. The van der Waals surface area contributed by atoms with Crippen molar-refractivity contribution >= 4 is 10.0 Å². The molecular formula is C11H13F3N2O3S. The number of alkyl halides is 3. The van der Waals surface area contributed by atoms with E-state index in [0.29, 0.717) is 0 Å². The molecule has 0 unspecified atom stereocenters. The second-order valence-corrected chi connectivity index (χ2v) is 6.57. The number of hydrogen-bond donors (Lipinski definition) is 0. The molecule has 1 saturated heterocycles. The van der Waals surface area contributed by atoms with Crippen LogP contribution in [-0.4, -0.2) is 42.7 Å². The summed E-state index contributed by atoms with van der Waals surface area (Å²) in [5.41, 5.74) is -0.961. The summed E-state index contributed by atoms with van der Waals surface area (Å²) >= 11 is 0. The summed E-state index contributed by atoms with van der Waals surface area (Å²) in [6.45, 7) is 1.60. The minimum atomic E-state index is -4.55. The molecule has 112 valence electrons. The lowest BCUT2D eigenvalue weighted by Gasteiger charge is -2.37. The Bertz CT molecular complexity index is 583. The van der Waals surface area contributed by atoms with Gasteiger partial charge in [0.1, 0.15) is 11.7 Å². The third-order valence-corrected chi connectivity index (χ3v) is 4.74. The summed E-state index contributed by atoms with van der Waals surface area (Å²) in [5.74, 6) is -0.560. The van der Waals surface area contributed by atoms with Crippen LogP contribution in [0.15, 0.2) is 18.3 Å². The number of halogens is 3. The van der Waals surface area contributed by atoms with Crippen molar-refractivity contribution in [3.8, 4) is 5.88 Å². The van der Waals surface area contributed by atoms with E-state index in [9.17, 15) is 21.6 Å². The van der Waals surface area contributed by atoms with Gasteiger partial charge in [0, 0.05) is 6.20 Å². The van der Waals surface area contributed by atoms with Crippen LogP contribution in [0.5, 0.6) is 5.88 Å². The van der Waals surface area contributed by atoms with Crippen LogP contribution in [0, 0.1) is 0 Å². The van der Waals surface area contributed by atoms with Gasteiger partial charge in [0.05, 0.1) is 18.8 Å². The minimum Gasteiger partial charge on any atom is -0.471 e. The predicted molar refractivity (Wildman–Crippen MR) is 64.7 cm³/mol. The fourth-order valence-corrected chi connectivity index (χ4v) is 2.90. The van der Waals surface area contributed by atoms with Gasteiger partial charge in [-0.1, -0.05) is 0 Å². The third-order valence-electron chi connectivity index (χ3n) is 2.93. The minimum absolute atomic E-state index is 0.0445. The highest BCUT2D eigenvalue weighted by Crippen LogP contribution is 2.35. The molecule has 1 fully saturated rings. The van der Waals surface area contributed by atoms with E-state index in [0.717, 1.165) is 6.07 Å². The lowest BCUT2D eigenvalue weighted by Crippen LogP contribution is -2.56. The average Bonchev–Trinajstić information content (AvgIpc) is 2.32. The largest absolute Gasteiger partial charge is 0.471 e. The lowest BCUT2D eigenvalue weighted by molar-refractivity contribution is -0.140. The Labute approximate surface area is 114 Å². The first kappa shape index (κ1) is 15.0. The van der Waals surface area contributed by atoms with E-state index >= 15 is 0 Å². The molecule has 9 heteroatoms. The number of sulfonamides is 1. The van der Waals surface area contributed by atoms with Crippen LogP contribution < -0.4 is 4.74 Å². The molecule has 0 bridgehead atoms. The molecule has 1 aromatic heterocycles. The van der Waals surface area contributed by atoms with Gasteiger partial charge in [0.25, 0.3) is 0 Å². The van der Waals surface area contributed by atoms with Crippen LogP contribution in [0.1, 0.15) is 12.5 Å². The third kappa shape index (κ3) is 3.04. The fourth-order valence-electron chi connectivity index (χ4n) is 1.74. The number of ether oxygens (including phenoxy) is 1. The molecule has 0 spiro atoms. The second kappa shape index (κ2) is 5.21. The van der Waals surface area contributed by atoms with Crippen molar-refractivity contribution in [2.75, 3.05) is 18.8 Å². The summed E-state index contributed by atoms with van der Waals surface area (Å²) in [6.07, 6.45) is -3.96. The molecule has 2 rings (SSSR count). The van der Waals surface area contributed by atoms with Crippen LogP contribution in [0.2, 0.25) is 0 Å². The van der Waals surface area contributed by atoms with Crippen LogP contribution in [0.3, 0.4) is 0 Å². The predicted octanol–water partition coefficient (Wildman–Crippen LogP) is 1.51. The number of aromatic nitrogens is 1. The highest BCUT2D eigenvalue weighted by molar-refractivity contribution is 7.89. The Balaban J connectivity index is 2.04. The Morgan fingerprint density at radius 1 is 1.45 bits per heavy atom. The first-order chi connectivity index (χ1) is 9.24. The zero-order valence-electron chi connectivity index (χ0n) is 10.6. The van der Waals surface area contributed by atoms with Gasteiger partial charge in [-0.05, 0) is 19.1 Å². The molecule has 5 nitrogen and oxygen atoms in total. The maximum absolute atomic E-state index is 12.7.